The molecule has 0 saturated heterocycles. The van der Waals surface area contributed by atoms with E-state index in [2.05, 4.69) is 106 Å². The van der Waals surface area contributed by atoms with Crippen LogP contribution in [0.1, 0.15) is 265 Å². The molecule has 0 fully saturated rings. The minimum Gasteiger partial charge on any atom is -0.462 e. The van der Waals surface area contributed by atoms with E-state index in [4.69, 9.17) is 14.2 Å². The zero-order valence-corrected chi connectivity index (χ0v) is 43.7. The fraction of sp³-hybridized carbons (Fsp3) is 0.738. The number of esters is 2. The number of rotatable bonds is 51. The third-order valence-electron chi connectivity index (χ3n) is 11.9. The highest BCUT2D eigenvalue weighted by Crippen LogP contribution is 2.15. The summed E-state index contributed by atoms with van der Waals surface area (Å²) in [4.78, 5) is 25.5. The highest BCUT2D eigenvalue weighted by Gasteiger charge is 2.17. The Kier molecular flexibility index (Phi) is 53.9. The fourth-order valence-corrected chi connectivity index (χ4v) is 7.74. The molecule has 5 nitrogen and oxygen atoms in total. The normalized spacial score (nSPS) is 12.8. The van der Waals surface area contributed by atoms with Crippen molar-refractivity contribution in [3.63, 3.8) is 0 Å². The molecule has 0 radical (unpaired) electrons. The summed E-state index contributed by atoms with van der Waals surface area (Å²) in [6.07, 6.45) is 74.5. The first kappa shape index (κ1) is 63.1. The lowest BCUT2D eigenvalue weighted by atomic mass is 10.0. The predicted molar refractivity (Wildman–Crippen MR) is 288 cm³/mol. The molecule has 0 bridgehead atoms. The molecule has 0 unspecified atom stereocenters. The van der Waals surface area contributed by atoms with Gasteiger partial charge in [0.1, 0.15) is 6.61 Å². The average molecular weight is 920 g/mol. The average Bonchev–Trinajstić information content (AvgIpc) is 3.32. The summed E-state index contributed by atoms with van der Waals surface area (Å²) in [7, 11) is 0. The van der Waals surface area contributed by atoms with Crippen LogP contribution in [0.5, 0.6) is 0 Å². The molecule has 0 N–H and O–H groups in total. The first-order valence-corrected chi connectivity index (χ1v) is 28.1. The summed E-state index contributed by atoms with van der Waals surface area (Å²) in [6, 6.07) is 0. The Morgan fingerprint density at radius 1 is 0.348 bits per heavy atom. The molecule has 0 spiro atoms. The molecule has 66 heavy (non-hydrogen) atoms. The van der Waals surface area contributed by atoms with Crippen molar-refractivity contribution >= 4 is 11.9 Å². The number of carbonyl (C=O) groups is 2. The number of hydrogen-bond donors (Lipinski definition) is 0. The molecule has 0 aromatic carbocycles. The van der Waals surface area contributed by atoms with Crippen LogP contribution in [0.3, 0.4) is 0 Å². The maximum absolute atomic E-state index is 12.8. The van der Waals surface area contributed by atoms with Crippen molar-refractivity contribution in [2.75, 3.05) is 19.8 Å². The van der Waals surface area contributed by atoms with Gasteiger partial charge in [0, 0.05) is 19.4 Å². The summed E-state index contributed by atoms with van der Waals surface area (Å²) in [5, 5.41) is 0. The summed E-state index contributed by atoms with van der Waals surface area (Å²) in [5.74, 6) is -0.444. The van der Waals surface area contributed by atoms with Gasteiger partial charge in [-0.25, -0.2) is 0 Å². The lowest BCUT2D eigenvalue weighted by Gasteiger charge is -2.18. The van der Waals surface area contributed by atoms with Gasteiger partial charge in [0.15, 0.2) is 6.10 Å². The smallest absolute Gasteiger partial charge is 0.306 e. The molecule has 1 atom stereocenters. The Labute approximate surface area is 409 Å². The summed E-state index contributed by atoms with van der Waals surface area (Å²) >= 11 is 0. The van der Waals surface area contributed by atoms with Crippen LogP contribution in [0.2, 0.25) is 0 Å². The van der Waals surface area contributed by atoms with Crippen molar-refractivity contribution in [1.82, 2.24) is 0 Å². The van der Waals surface area contributed by atoms with Gasteiger partial charge >= 0.3 is 11.9 Å². The van der Waals surface area contributed by atoms with Gasteiger partial charge in [0.05, 0.1) is 6.61 Å². The van der Waals surface area contributed by atoms with Crippen molar-refractivity contribution in [2.24, 2.45) is 0 Å². The first-order valence-electron chi connectivity index (χ1n) is 28.1. The Balaban J connectivity index is 4.35. The van der Waals surface area contributed by atoms with E-state index in [1.54, 1.807) is 0 Å². The van der Waals surface area contributed by atoms with E-state index in [0.717, 1.165) is 103 Å². The molecule has 0 aromatic rings. The van der Waals surface area contributed by atoms with E-state index < -0.39 is 6.10 Å². The third-order valence-corrected chi connectivity index (χ3v) is 11.9. The van der Waals surface area contributed by atoms with Gasteiger partial charge in [-0.05, 0) is 96.3 Å². The van der Waals surface area contributed by atoms with E-state index in [9.17, 15) is 9.59 Å². The molecule has 380 valence electrons. The Hall–Kier alpha value is -2.92. The van der Waals surface area contributed by atoms with Gasteiger partial charge in [0.25, 0.3) is 0 Å². The SMILES string of the molecule is CC/C=C\C/C=C\C/C=C\C/C=C\C/C=C\CCCCCC(=O)OC[C@@H](COCCCCCCCCCCCCCCCCCC)OC(=O)CCCCCCC/C=C\C/C=C\CCCCC. The lowest BCUT2D eigenvalue weighted by molar-refractivity contribution is -0.163. The molecule has 0 aliphatic carbocycles. The van der Waals surface area contributed by atoms with E-state index in [-0.39, 0.29) is 25.2 Å². The van der Waals surface area contributed by atoms with Crippen molar-refractivity contribution in [1.29, 1.82) is 0 Å². The van der Waals surface area contributed by atoms with E-state index in [1.807, 2.05) is 0 Å². The molecule has 0 saturated carbocycles. The second kappa shape index (κ2) is 56.4. The van der Waals surface area contributed by atoms with Crippen LogP contribution < -0.4 is 0 Å². The quantitative estimate of drug-likeness (QED) is 0.0346. The van der Waals surface area contributed by atoms with Gasteiger partial charge in [-0.15, -0.1) is 0 Å². The number of carbonyl (C=O) groups excluding carboxylic acids is 2. The van der Waals surface area contributed by atoms with Crippen molar-refractivity contribution in [3.8, 4) is 0 Å². The lowest BCUT2D eigenvalue weighted by Crippen LogP contribution is -2.30. The maximum Gasteiger partial charge on any atom is 0.306 e. The van der Waals surface area contributed by atoms with Crippen molar-refractivity contribution in [2.45, 2.75) is 271 Å². The summed E-state index contributed by atoms with van der Waals surface area (Å²) in [6.45, 7) is 7.67. The number of unbranched alkanes of at least 4 members (excludes halogenated alkanes) is 26. The summed E-state index contributed by atoms with van der Waals surface area (Å²) < 4.78 is 17.4. The van der Waals surface area contributed by atoms with Gasteiger partial charge in [0.2, 0.25) is 0 Å². The zero-order chi connectivity index (χ0) is 47.7. The van der Waals surface area contributed by atoms with Gasteiger partial charge < -0.3 is 14.2 Å². The fourth-order valence-electron chi connectivity index (χ4n) is 7.74. The molecule has 0 heterocycles. The standard InChI is InChI=1S/C61H106O5/c1-4-7-10-13-16-19-22-25-28-30-31-32-34-36-39-42-45-48-51-54-60(62)65-58-59(57-64-56-53-50-47-44-41-38-35-29-26-23-20-17-14-11-8-5-2)66-61(63)55-52-49-46-43-40-37-33-27-24-21-18-15-12-9-6-3/h7,10,16,18-19,21,25,27-28,31-33,36,39,59H,4-6,8-9,11-15,17,20,22-24,26,29-30,34-35,37-38,40-58H2,1-3H3/b10-7-,19-16-,21-18-,28-25-,32-31-,33-27-,39-36-/t59-/m1/s1. The third kappa shape index (κ3) is 53.7. The van der Waals surface area contributed by atoms with Crippen LogP contribution in [-0.2, 0) is 23.8 Å². The molecular formula is C61H106O5. The second-order valence-corrected chi connectivity index (χ2v) is 18.5. The minimum absolute atomic E-state index is 0.0612. The molecule has 0 aromatic heterocycles. The Morgan fingerprint density at radius 3 is 1.14 bits per heavy atom. The molecule has 5 heteroatoms. The van der Waals surface area contributed by atoms with E-state index in [0.29, 0.717) is 19.4 Å². The first-order chi connectivity index (χ1) is 32.6. The molecular weight excluding hydrogens is 813 g/mol. The Morgan fingerprint density at radius 2 is 0.682 bits per heavy atom. The largest absolute Gasteiger partial charge is 0.462 e. The number of ether oxygens (including phenoxy) is 3. The second-order valence-electron chi connectivity index (χ2n) is 18.5. The van der Waals surface area contributed by atoms with Gasteiger partial charge in [-0.1, -0.05) is 241 Å². The predicted octanol–water partition coefficient (Wildman–Crippen LogP) is 19.2. The number of hydrogen-bond acceptors (Lipinski definition) is 5. The molecule has 0 amide bonds. The van der Waals surface area contributed by atoms with Crippen molar-refractivity contribution in [3.05, 3.63) is 85.1 Å². The van der Waals surface area contributed by atoms with Crippen LogP contribution in [0.15, 0.2) is 85.1 Å². The van der Waals surface area contributed by atoms with Crippen LogP contribution in [-0.4, -0.2) is 37.9 Å². The number of allylic oxidation sites excluding steroid dienone is 14. The van der Waals surface area contributed by atoms with Crippen LogP contribution in [0, 0.1) is 0 Å². The Bertz CT molecular complexity index is 1220. The monoisotopic (exact) mass is 919 g/mol. The maximum atomic E-state index is 12.8. The van der Waals surface area contributed by atoms with Crippen LogP contribution in [0.4, 0.5) is 0 Å². The van der Waals surface area contributed by atoms with Crippen molar-refractivity contribution < 1.29 is 23.8 Å². The van der Waals surface area contributed by atoms with Gasteiger partial charge in [-0.2, -0.15) is 0 Å². The molecule has 0 rings (SSSR count). The zero-order valence-electron chi connectivity index (χ0n) is 43.7. The van der Waals surface area contributed by atoms with Crippen LogP contribution in [0.25, 0.3) is 0 Å². The van der Waals surface area contributed by atoms with E-state index >= 15 is 0 Å². The highest BCUT2D eigenvalue weighted by atomic mass is 16.6. The summed E-state index contributed by atoms with van der Waals surface area (Å²) in [5.41, 5.74) is 0. The highest BCUT2D eigenvalue weighted by molar-refractivity contribution is 5.70. The molecule has 0 aliphatic heterocycles. The topological polar surface area (TPSA) is 61.8 Å². The molecule has 0 aliphatic rings. The van der Waals surface area contributed by atoms with Crippen LogP contribution >= 0.6 is 0 Å². The minimum atomic E-state index is -0.559. The van der Waals surface area contributed by atoms with Gasteiger partial charge in [-0.3, -0.25) is 9.59 Å². The van der Waals surface area contributed by atoms with E-state index in [1.165, 1.54) is 128 Å².